The highest BCUT2D eigenvalue weighted by molar-refractivity contribution is 8.00. The molecule has 0 aliphatic carbocycles. The molecule has 0 bridgehead atoms. The summed E-state index contributed by atoms with van der Waals surface area (Å²) in [5, 5.41) is 3.92. The van der Waals surface area contributed by atoms with Crippen LogP contribution in [-0.2, 0) is 4.79 Å². The van der Waals surface area contributed by atoms with Crippen LogP contribution in [0.1, 0.15) is 18.9 Å². The average molecular weight is 522 g/mol. The summed E-state index contributed by atoms with van der Waals surface area (Å²) in [5.74, 6) is 1.45. The second kappa shape index (κ2) is 11.5. The standard InChI is InChI=1S/C28H28ClN3O3S/c1-5-24(27(33)30-23-16-20(29)11-6-17(23)2)36-28-31-25(18-7-12-21(34-3)13-8-18)26(32-28)19-9-14-22(35-4)15-10-19/h6-16,24H,5H2,1-4H3,(H,30,33)(H,31,32). The molecule has 4 aromatic rings. The summed E-state index contributed by atoms with van der Waals surface area (Å²) < 4.78 is 10.6. The van der Waals surface area contributed by atoms with Gasteiger partial charge in [0.05, 0.1) is 30.9 Å². The summed E-state index contributed by atoms with van der Waals surface area (Å²) in [6.45, 7) is 3.93. The van der Waals surface area contributed by atoms with Crippen molar-refractivity contribution in [3.8, 4) is 34.0 Å². The van der Waals surface area contributed by atoms with Crippen molar-refractivity contribution in [1.29, 1.82) is 0 Å². The van der Waals surface area contributed by atoms with Crippen molar-refractivity contribution < 1.29 is 14.3 Å². The van der Waals surface area contributed by atoms with Crippen molar-refractivity contribution in [1.82, 2.24) is 9.97 Å². The Labute approximate surface area is 220 Å². The monoisotopic (exact) mass is 521 g/mol. The number of aromatic nitrogens is 2. The van der Waals surface area contributed by atoms with Crippen molar-refractivity contribution in [2.24, 2.45) is 0 Å². The Bertz CT molecular complexity index is 1270. The third kappa shape index (κ3) is 5.86. The molecular weight excluding hydrogens is 494 g/mol. The van der Waals surface area contributed by atoms with Crippen LogP contribution in [0.4, 0.5) is 5.69 Å². The molecule has 1 heterocycles. The molecule has 4 rings (SSSR count). The van der Waals surface area contributed by atoms with E-state index >= 15 is 0 Å². The van der Waals surface area contributed by atoms with E-state index in [0.717, 1.165) is 39.6 Å². The van der Waals surface area contributed by atoms with Gasteiger partial charge in [-0.05, 0) is 79.6 Å². The second-order valence-electron chi connectivity index (χ2n) is 8.19. The first-order valence-corrected chi connectivity index (χ1v) is 12.8. The number of thioether (sulfide) groups is 1. The van der Waals surface area contributed by atoms with Gasteiger partial charge < -0.3 is 19.8 Å². The summed E-state index contributed by atoms with van der Waals surface area (Å²) in [6, 6.07) is 21.0. The van der Waals surface area contributed by atoms with Crippen molar-refractivity contribution in [3.63, 3.8) is 0 Å². The summed E-state index contributed by atoms with van der Waals surface area (Å²) in [4.78, 5) is 21.5. The maximum Gasteiger partial charge on any atom is 0.237 e. The van der Waals surface area contributed by atoms with Gasteiger partial charge in [-0.2, -0.15) is 0 Å². The van der Waals surface area contributed by atoms with Gasteiger partial charge in [-0.3, -0.25) is 4.79 Å². The van der Waals surface area contributed by atoms with Crippen LogP contribution >= 0.6 is 23.4 Å². The van der Waals surface area contributed by atoms with Crippen LogP contribution in [0.3, 0.4) is 0 Å². The number of methoxy groups -OCH3 is 2. The minimum absolute atomic E-state index is 0.0961. The highest BCUT2D eigenvalue weighted by Crippen LogP contribution is 2.36. The van der Waals surface area contributed by atoms with Gasteiger partial charge in [-0.15, -0.1) is 0 Å². The fourth-order valence-electron chi connectivity index (χ4n) is 3.73. The predicted octanol–water partition coefficient (Wildman–Crippen LogP) is 7.23. The highest BCUT2D eigenvalue weighted by Gasteiger charge is 2.23. The molecule has 0 spiro atoms. The van der Waals surface area contributed by atoms with E-state index in [-0.39, 0.29) is 11.2 Å². The van der Waals surface area contributed by atoms with E-state index in [9.17, 15) is 4.79 Å². The number of ether oxygens (including phenoxy) is 2. The molecular formula is C28H28ClN3O3S. The maximum atomic E-state index is 13.1. The molecule has 0 aliphatic rings. The molecule has 0 saturated heterocycles. The minimum atomic E-state index is -0.345. The molecule has 0 saturated carbocycles. The largest absolute Gasteiger partial charge is 0.497 e. The molecule has 1 atom stereocenters. The SMILES string of the molecule is CCC(Sc1nc(-c2ccc(OC)cc2)c(-c2ccc(OC)cc2)[nH]1)C(=O)Nc1cc(Cl)ccc1C. The number of imidazole rings is 1. The number of aryl methyl sites for hydroxylation is 1. The Morgan fingerprint density at radius 3 is 2.19 bits per heavy atom. The minimum Gasteiger partial charge on any atom is -0.497 e. The zero-order valence-corrected chi connectivity index (χ0v) is 22.2. The van der Waals surface area contributed by atoms with Gasteiger partial charge in [-0.25, -0.2) is 4.98 Å². The molecule has 2 N–H and O–H groups in total. The number of hydrogen-bond acceptors (Lipinski definition) is 5. The lowest BCUT2D eigenvalue weighted by Gasteiger charge is -2.15. The van der Waals surface area contributed by atoms with E-state index in [0.29, 0.717) is 22.3 Å². The van der Waals surface area contributed by atoms with E-state index < -0.39 is 0 Å². The molecule has 1 amide bonds. The van der Waals surface area contributed by atoms with Crippen LogP contribution in [0.15, 0.2) is 71.9 Å². The first-order valence-electron chi connectivity index (χ1n) is 11.5. The Kier molecular flexibility index (Phi) is 8.23. The van der Waals surface area contributed by atoms with Crippen molar-refractivity contribution >= 4 is 35.0 Å². The maximum absolute atomic E-state index is 13.1. The van der Waals surface area contributed by atoms with Crippen molar-refractivity contribution in [2.45, 2.75) is 30.7 Å². The number of carbonyl (C=O) groups is 1. The van der Waals surface area contributed by atoms with Crippen LogP contribution in [0.5, 0.6) is 11.5 Å². The van der Waals surface area contributed by atoms with E-state index in [1.165, 1.54) is 11.8 Å². The first kappa shape index (κ1) is 25.7. The molecule has 1 aromatic heterocycles. The normalized spacial score (nSPS) is 11.7. The molecule has 8 heteroatoms. The van der Waals surface area contributed by atoms with Crippen LogP contribution < -0.4 is 14.8 Å². The van der Waals surface area contributed by atoms with Crippen LogP contribution in [0.2, 0.25) is 5.02 Å². The Morgan fingerprint density at radius 1 is 1.00 bits per heavy atom. The molecule has 3 aromatic carbocycles. The Balaban J connectivity index is 1.65. The van der Waals surface area contributed by atoms with Gasteiger partial charge in [0, 0.05) is 21.8 Å². The fraction of sp³-hybridized carbons (Fsp3) is 0.214. The summed E-state index contributed by atoms with van der Waals surface area (Å²) in [5.41, 5.74) is 5.24. The number of carbonyl (C=O) groups excluding carboxylic acids is 1. The second-order valence-corrected chi connectivity index (χ2v) is 9.81. The predicted molar refractivity (Wildman–Crippen MR) is 147 cm³/mol. The van der Waals surface area contributed by atoms with Gasteiger partial charge in [0.15, 0.2) is 5.16 Å². The lowest BCUT2D eigenvalue weighted by Crippen LogP contribution is -2.25. The van der Waals surface area contributed by atoms with Gasteiger partial charge in [0.25, 0.3) is 0 Å². The summed E-state index contributed by atoms with van der Waals surface area (Å²) in [7, 11) is 3.28. The zero-order valence-electron chi connectivity index (χ0n) is 20.6. The third-order valence-corrected chi connectivity index (χ3v) is 7.28. The molecule has 0 aliphatic heterocycles. The van der Waals surface area contributed by atoms with Crippen LogP contribution in [0, 0.1) is 6.92 Å². The van der Waals surface area contributed by atoms with Gasteiger partial charge in [0.2, 0.25) is 5.91 Å². The number of nitrogens with one attached hydrogen (secondary N) is 2. The smallest absolute Gasteiger partial charge is 0.237 e. The zero-order chi connectivity index (χ0) is 25.7. The number of rotatable bonds is 9. The molecule has 0 radical (unpaired) electrons. The Morgan fingerprint density at radius 2 is 1.61 bits per heavy atom. The number of aromatic amines is 1. The summed E-state index contributed by atoms with van der Waals surface area (Å²) >= 11 is 7.54. The molecule has 6 nitrogen and oxygen atoms in total. The van der Waals surface area contributed by atoms with Gasteiger partial charge in [-0.1, -0.05) is 36.4 Å². The fourth-order valence-corrected chi connectivity index (χ4v) is 4.81. The molecule has 1 unspecified atom stereocenters. The number of hydrogen-bond donors (Lipinski definition) is 2. The lowest BCUT2D eigenvalue weighted by atomic mass is 10.0. The van der Waals surface area contributed by atoms with Gasteiger partial charge in [0.1, 0.15) is 11.5 Å². The summed E-state index contributed by atoms with van der Waals surface area (Å²) in [6.07, 6.45) is 0.631. The molecule has 0 fully saturated rings. The van der Waals surface area contributed by atoms with Crippen LogP contribution in [0.25, 0.3) is 22.5 Å². The number of amides is 1. The van der Waals surface area contributed by atoms with Crippen molar-refractivity contribution in [3.05, 3.63) is 77.3 Å². The Hall–Kier alpha value is -3.42. The first-order chi connectivity index (χ1) is 17.4. The molecule has 186 valence electrons. The number of benzene rings is 3. The lowest BCUT2D eigenvalue weighted by molar-refractivity contribution is -0.115. The highest BCUT2D eigenvalue weighted by atomic mass is 35.5. The van der Waals surface area contributed by atoms with E-state index in [1.54, 1.807) is 20.3 Å². The topological polar surface area (TPSA) is 76.2 Å². The average Bonchev–Trinajstić information content (AvgIpc) is 3.33. The molecule has 36 heavy (non-hydrogen) atoms. The number of anilines is 1. The number of halogens is 1. The number of nitrogens with zero attached hydrogens (tertiary/aromatic N) is 1. The van der Waals surface area contributed by atoms with E-state index in [1.807, 2.05) is 74.5 Å². The van der Waals surface area contributed by atoms with E-state index in [2.05, 4.69) is 10.3 Å². The van der Waals surface area contributed by atoms with Crippen LogP contribution in [-0.4, -0.2) is 35.3 Å². The number of H-pyrrole nitrogens is 1. The van der Waals surface area contributed by atoms with E-state index in [4.69, 9.17) is 26.1 Å². The quantitative estimate of drug-likeness (QED) is 0.227. The third-order valence-electron chi connectivity index (χ3n) is 5.80. The van der Waals surface area contributed by atoms with Gasteiger partial charge >= 0.3 is 0 Å². The van der Waals surface area contributed by atoms with Crippen molar-refractivity contribution in [2.75, 3.05) is 19.5 Å².